The van der Waals surface area contributed by atoms with Crippen molar-refractivity contribution in [2.45, 2.75) is 25.3 Å². The lowest BCUT2D eigenvalue weighted by molar-refractivity contribution is -0.708. The second-order valence-corrected chi connectivity index (χ2v) is 8.04. The molecule has 7 nitrogen and oxygen atoms in total. The molecule has 1 fully saturated rings. The number of pyridine rings is 2. The van der Waals surface area contributed by atoms with Gasteiger partial charge in [0.2, 0.25) is 12.2 Å². The Morgan fingerprint density at radius 3 is 2.93 bits per heavy atom. The summed E-state index contributed by atoms with van der Waals surface area (Å²) in [6.45, 7) is 0. The molecule has 2 N–H and O–H groups in total. The first kappa shape index (κ1) is 18.8. The Balaban J connectivity index is 1.32. The first-order chi connectivity index (χ1) is 14.7. The molecule has 8 heteroatoms. The van der Waals surface area contributed by atoms with Gasteiger partial charge in [0.15, 0.2) is 0 Å². The number of amides is 1. The van der Waals surface area contributed by atoms with E-state index in [1.807, 2.05) is 18.5 Å². The molecule has 3 heterocycles. The molecule has 5 rings (SSSR count). The summed E-state index contributed by atoms with van der Waals surface area (Å²) in [5, 5.41) is 12.0. The van der Waals surface area contributed by atoms with Crippen molar-refractivity contribution >= 4 is 29.7 Å². The van der Waals surface area contributed by atoms with Crippen LogP contribution in [0.25, 0.3) is 11.1 Å². The van der Waals surface area contributed by atoms with E-state index >= 15 is 0 Å². The molecule has 3 aliphatic rings. The Hall–Kier alpha value is -3.16. The van der Waals surface area contributed by atoms with Gasteiger partial charge >= 0.3 is 0 Å². The predicted octanol–water partition coefficient (Wildman–Crippen LogP) is 2.39. The molecule has 2 unspecified atom stereocenters. The summed E-state index contributed by atoms with van der Waals surface area (Å²) in [4.78, 5) is 22.4. The molecule has 1 amide bonds. The van der Waals surface area contributed by atoms with Gasteiger partial charge in [-0.05, 0) is 42.3 Å². The summed E-state index contributed by atoms with van der Waals surface area (Å²) in [6, 6.07) is 5.97. The fourth-order valence-electron chi connectivity index (χ4n) is 3.73. The minimum absolute atomic E-state index is 0.125. The fraction of sp³-hybridized carbons (Fsp3) is 0.227. The largest absolute Gasteiger partial charge is 0.321 e. The molecule has 1 aliphatic heterocycles. The van der Waals surface area contributed by atoms with Crippen molar-refractivity contribution < 1.29 is 9.69 Å². The number of quaternary nitrogens is 1. The molecular weight excluding hydrogens is 400 g/mol. The van der Waals surface area contributed by atoms with Crippen LogP contribution in [0.3, 0.4) is 0 Å². The highest BCUT2D eigenvalue weighted by Crippen LogP contribution is 2.23. The number of rotatable bonds is 5. The fourth-order valence-corrected chi connectivity index (χ4v) is 3.90. The average Bonchev–Trinajstić information content (AvgIpc) is 3.50. The van der Waals surface area contributed by atoms with E-state index in [-0.39, 0.29) is 11.8 Å². The van der Waals surface area contributed by atoms with Crippen molar-refractivity contribution in [2.24, 2.45) is 16.1 Å². The molecular formula is C22H20ClN6O+. The second kappa shape index (κ2) is 7.93. The zero-order valence-electron chi connectivity index (χ0n) is 16.1. The minimum Gasteiger partial charge on any atom is -0.321 e. The summed E-state index contributed by atoms with van der Waals surface area (Å²) in [5.41, 5.74) is 2.74. The van der Waals surface area contributed by atoms with E-state index in [4.69, 9.17) is 11.6 Å². The van der Waals surface area contributed by atoms with E-state index < -0.39 is 0 Å². The van der Waals surface area contributed by atoms with Crippen LogP contribution in [0.4, 0.5) is 0 Å². The van der Waals surface area contributed by atoms with Gasteiger partial charge in [0.1, 0.15) is 5.69 Å². The van der Waals surface area contributed by atoms with Gasteiger partial charge in [0.05, 0.1) is 17.0 Å². The molecule has 0 aromatic carbocycles. The van der Waals surface area contributed by atoms with Gasteiger partial charge < -0.3 is 5.32 Å². The maximum atomic E-state index is 12.8. The molecule has 2 aromatic heterocycles. The third kappa shape index (κ3) is 3.94. The Bertz CT molecular complexity index is 1120. The first-order valence-corrected chi connectivity index (χ1v) is 10.3. The van der Waals surface area contributed by atoms with Crippen molar-refractivity contribution in [2.75, 3.05) is 0 Å². The van der Waals surface area contributed by atoms with Gasteiger partial charge in [-0.2, -0.15) is 0 Å². The maximum Gasteiger partial charge on any atom is 0.274 e. The summed E-state index contributed by atoms with van der Waals surface area (Å²) in [6.07, 6.45) is 16.1. The van der Waals surface area contributed by atoms with Crippen LogP contribution in [-0.4, -0.2) is 34.1 Å². The van der Waals surface area contributed by atoms with Crippen LogP contribution in [0, 0.1) is 5.92 Å². The Labute approximate surface area is 178 Å². The van der Waals surface area contributed by atoms with Crippen LogP contribution < -0.4 is 10.2 Å². The topological polar surface area (TPSA) is 84.0 Å². The van der Waals surface area contributed by atoms with Crippen LogP contribution in [0.15, 0.2) is 70.9 Å². The number of nitrogens with one attached hydrogen (secondary N) is 2. The highest BCUT2D eigenvalue weighted by atomic mass is 35.5. The van der Waals surface area contributed by atoms with Gasteiger partial charge in [0, 0.05) is 42.7 Å². The zero-order chi connectivity index (χ0) is 20.5. The first-order valence-electron chi connectivity index (χ1n) is 9.92. The van der Waals surface area contributed by atoms with Gasteiger partial charge in [0.25, 0.3) is 5.91 Å². The maximum absolute atomic E-state index is 12.8. The number of amidine groups is 1. The molecule has 1 saturated carbocycles. The Morgan fingerprint density at radius 2 is 2.10 bits per heavy atom. The number of hydrogen-bond donors (Lipinski definition) is 2. The van der Waals surface area contributed by atoms with Crippen LogP contribution in [0.5, 0.6) is 0 Å². The molecule has 150 valence electrons. The van der Waals surface area contributed by atoms with Crippen molar-refractivity contribution in [3.63, 3.8) is 0 Å². The third-order valence-electron chi connectivity index (χ3n) is 5.38. The van der Waals surface area contributed by atoms with Gasteiger partial charge in [-0.15, -0.1) is 0 Å². The third-order valence-corrected chi connectivity index (χ3v) is 5.59. The van der Waals surface area contributed by atoms with E-state index in [0.717, 1.165) is 29.1 Å². The number of hydrogen-bond acceptors (Lipinski definition) is 5. The summed E-state index contributed by atoms with van der Waals surface area (Å²) >= 11 is 6.03. The number of carbonyl (C=O) groups is 1. The molecule has 2 aromatic rings. The molecule has 0 saturated heterocycles. The number of nitrogens with zero attached hydrogens (tertiary/aromatic N) is 4. The summed E-state index contributed by atoms with van der Waals surface area (Å²) in [7, 11) is 0. The molecule has 30 heavy (non-hydrogen) atoms. The van der Waals surface area contributed by atoms with Gasteiger partial charge in [-0.1, -0.05) is 27.9 Å². The minimum atomic E-state index is -0.264. The quantitative estimate of drug-likeness (QED) is 0.780. The molecule has 0 bridgehead atoms. The van der Waals surface area contributed by atoms with E-state index in [1.165, 1.54) is 17.7 Å². The Kier molecular flexibility index (Phi) is 4.98. The monoisotopic (exact) mass is 419 g/mol. The van der Waals surface area contributed by atoms with Crippen molar-refractivity contribution in [1.29, 1.82) is 0 Å². The van der Waals surface area contributed by atoms with Crippen LogP contribution in [-0.2, 0) is 0 Å². The number of carbonyl (C=O) groups excluding carboxylic acids is 1. The van der Waals surface area contributed by atoms with Crippen LogP contribution in [0.1, 0.15) is 29.8 Å². The summed E-state index contributed by atoms with van der Waals surface area (Å²) < 4.78 is 0. The zero-order valence-corrected chi connectivity index (χ0v) is 16.9. The number of allylic oxidation sites excluding steroid dienone is 2. The van der Waals surface area contributed by atoms with Gasteiger partial charge in [-0.3, -0.25) is 14.8 Å². The highest BCUT2D eigenvalue weighted by molar-refractivity contribution is 6.30. The van der Waals surface area contributed by atoms with Crippen molar-refractivity contribution in [3.05, 3.63) is 71.4 Å². The lowest BCUT2D eigenvalue weighted by Crippen LogP contribution is -3.14. The number of halogens is 1. The van der Waals surface area contributed by atoms with Crippen LogP contribution >= 0.6 is 11.6 Å². The summed E-state index contributed by atoms with van der Waals surface area (Å²) in [5.74, 6) is 0.891. The SMILES string of the molecule is O=C(NC1=CC(C2=NN=C[NH+]2C2CC2)CC=C1)c1cc(-c2cncc(Cl)c2)ccn1. The lowest BCUT2D eigenvalue weighted by atomic mass is 9.97. The van der Waals surface area contributed by atoms with Crippen molar-refractivity contribution in [3.8, 4) is 11.1 Å². The van der Waals surface area contributed by atoms with E-state index in [1.54, 1.807) is 30.7 Å². The average molecular weight is 420 g/mol. The van der Waals surface area contributed by atoms with E-state index in [9.17, 15) is 4.79 Å². The van der Waals surface area contributed by atoms with Gasteiger partial charge in [-0.25, -0.2) is 4.90 Å². The molecule has 2 atom stereocenters. The number of aromatic nitrogens is 2. The smallest absolute Gasteiger partial charge is 0.274 e. The van der Waals surface area contributed by atoms with Crippen molar-refractivity contribution in [1.82, 2.24) is 15.3 Å². The Morgan fingerprint density at radius 1 is 1.20 bits per heavy atom. The normalized spacial score (nSPS) is 22.6. The molecule has 0 spiro atoms. The molecule has 2 aliphatic carbocycles. The van der Waals surface area contributed by atoms with E-state index in [0.29, 0.717) is 16.8 Å². The lowest BCUT2D eigenvalue weighted by Gasteiger charge is -2.19. The second-order valence-electron chi connectivity index (χ2n) is 7.60. The standard InChI is InChI=1S/C22H19ClN6O/c23-17-8-16(11-24-12-17)14-6-7-25-20(10-14)22(30)27-18-3-1-2-15(9-18)21-28-26-13-29(21)19-4-5-19/h1,3,6-13,15,19H,2,4-5H2,(H,27,30)/p+1. The molecule has 0 radical (unpaired) electrons. The van der Waals surface area contributed by atoms with Crippen LogP contribution in [0.2, 0.25) is 5.02 Å². The predicted molar refractivity (Wildman–Crippen MR) is 115 cm³/mol. The van der Waals surface area contributed by atoms with E-state index in [2.05, 4.69) is 37.6 Å². The highest BCUT2D eigenvalue weighted by Gasteiger charge is 2.41.